The third-order valence-corrected chi connectivity index (χ3v) is 4.04. The fourth-order valence-corrected chi connectivity index (χ4v) is 2.46. The van der Waals surface area contributed by atoms with Crippen molar-refractivity contribution in [3.8, 4) is 0 Å². The van der Waals surface area contributed by atoms with E-state index in [1.807, 2.05) is 6.07 Å². The Morgan fingerprint density at radius 3 is 2.71 bits per heavy atom. The van der Waals surface area contributed by atoms with Crippen LogP contribution in [0, 0.1) is 11.2 Å². The van der Waals surface area contributed by atoms with Crippen molar-refractivity contribution in [2.24, 2.45) is 5.41 Å². The van der Waals surface area contributed by atoms with Gasteiger partial charge in [0.05, 0.1) is 5.02 Å². The largest absolute Gasteiger partial charge is 0.313 e. The quantitative estimate of drug-likeness (QED) is 0.844. The van der Waals surface area contributed by atoms with Gasteiger partial charge in [-0.05, 0) is 48.9 Å². The lowest BCUT2D eigenvalue weighted by Gasteiger charge is -2.24. The molecule has 0 bridgehead atoms. The molecule has 1 saturated carbocycles. The highest BCUT2D eigenvalue weighted by Gasteiger charge is 2.44. The highest BCUT2D eigenvalue weighted by molar-refractivity contribution is 6.30. The molecule has 0 aromatic heterocycles. The van der Waals surface area contributed by atoms with Gasteiger partial charge in [0.15, 0.2) is 0 Å². The summed E-state index contributed by atoms with van der Waals surface area (Å²) in [4.78, 5) is 0. The van der Waals surface area contributed by atoms with Crippen LogP contribution in [0.1, 0.15) is 32.3 Å². The summed E-state index contributed by atoms with van der Waals surface area (Å²) in [7, 11) is 0. The first-order valence-corrected chi connectivity index (χ1v) is 6.60. The third-order valence-electron chi connectivity index (χ3n) is 3.75. The highest BCUT2D eigenvalue weighted by atomic mass is 35.5. The van der Waals surface area contributed by atoms with Crippen LogP contribution in [0.5, 0.6) is 0 Å². The van der Waals surface area contributed by atoms with E-state index in [2.05, 4.69) is 19.2 Å². The van der Waals surface area contributed by atoms with Crippen LogP contribution in [0.2, 0.25) is 5.02 Å². The summed E-state index contributed by atoms with van der Waals surface area (Å²) in [5.74, 6) is -0.340. The van der Waals surface area contributed by atoms with Crippen molar-refractivity contribution in [2.45, 2.75) is 39.2 Å². The molecule has 0 radical (unpaired) electrons. The van der Waals surface area contributed by atoms with Crippen LogP contribution in [-0.2, 0) is 6.42 Å². The summed E-state index contributed by atoms with van der Waals surface area (Å²) >= 11 is 5.81. The maximum absolute atomic E-state index is 13.1. The topological polar surface area (TPSA) is 12.0 Å². The molecule has 1 N–H and O–H groups in total. The Labute approximate surface area is 107 Å². The first-order chi connectivity index (χ1) is 8.05. The Kier molecular flexibility index (Phi) is 3.74. The molecule has 1 nitrogen and oxygen atoms in total. The fourth-order valence-electron chi connectivity index (χ4n) is 2.26. The van der Waals surface area contributed by atoms with Crippen LogP contribution in [0.3, 0.4) is 0 Å². The second-order valence-electron chi connectivity index (χ2n) is 5.22. The van der Waals surface area contributed by atoms with E-state index in [1.54, 1.807) is 6.07 Å². The van der Waals surface area contributed by atoms with Gasteiger partial charge in [0.2, 0.25) is 0 Å². The van der Waals surface area contributed by atoms with Crippen molar-refractivity contribution in [1.82, 2.24) is 5.32 Å². The molecule has 2 rings (SSSR count). The molecule has 1 aromatic carbocycles. The van der Waals surface area contributed by atoms with E-state index in [1.165, 1.54) is 18.9 Å². The van der Waals surface area contributed by atoms with Crippen LogP contribution in [0.25, 0.3) is 0 Å². The molecular formula is C14H19ClFN. The van der Waals surface area contributed by atoms with E-state index in [0.717, 1.165) is 18.5 Å². The van der Waals surface area contributed by atoms with E-state index < -0.39 is 0 Å². The van der Waals surface area contributed by atoms with Crippen molar-refractivity contribution < 1.29 is 4.39 Å². The maximum atomic E-state index is 13.1. The van der Waals surface area contributed by atoms with E-state index in [0.29, 0.717) is 11.5 Å². The SMILES string of the molecule is CCNC(Cc1ccc(F)c(Cl)c1)C1(C)CC1. The average Bonchev–Trinajstić information content (AvgIpc) is 3.03. The van der Waals surface area contributed by atoms with Crippen molar-refractivity contribution in [3.63, 3.8) is 0 Å². The number of hydrogen-bond donors (Lipinski definition) is 1. The summed E-state index contributed by atoms with van der Waals surface area (Å²) < 4.78 is 13.1. The molecule has 0 amide bonds. The number of hydrogen-bond acceptors (Lipinski definition) is 1. The molecule has 17 heavy (non-hydrogen) atoms. The number of halogens is 2. The van der Waals surface area contributed by atoms with E-state index in [-0.39, 0.29) is 10.8 Å². The molecule has 0 aliphatic heterocycles. The molecular weight excluding hydrogens is 237 g/mol. The molecule has 94 valence electrons. The molecule has 1 aliphatic rings. The van der Waals surface area contributed by atoms with Gasteiger partial charge in [0, 0.05) is 6.04 Å². The van der Waals surface area contributed by atoms with E-state index in [4.69, 9.17) is 11.6 Å². The molecule has 1 atom stereocenters. The predicted octanol–water partition coefficient (Wildman–Crippen LogP) is 3.80. The smallest absolute Gasteiger partial charge is 0.141 e. The zero-order valence-corrected chi connectivity index (χ0v) is 11.1. The number of benzene rings is 1. The molecule has 0 saturated heterocycles. The van der Waals surface area contributed by atoms with Crippen LogP contribution < -0.4 is 5.32 Å². The van der Waals surface area contributed by atoms with Gasteiger partial charge in [-0.2, -0.15) is 0 Å². The summed E-state index contributed by atoms with van der Waals surface area (Å²) in [5.41, 5.74) is 1.52. The van der Waals surface area contributed by atoms with Crippen LogP contribution in [0.15, 0.2) is 18.2 Å². The van der Waals surface area contributed by atoms with Crippen LogP contribution in [-0.4, -0.2) is 12.6 Å². The lowest BCUT2D eigenvalue weighted by molar-refractivity contribution is 0.360. The minimum atomic E-state index is -0.340. The number of likely N-dealkylation sites (N-methyl/N-ethyl adjacent to an activating group) is 1. The second kappa shape index (κ2) is 4.95. The maximum Gasteiger partial charge on any atom is 0.141 e. The van der Waals surface area contributed by atoms with Gasteiger partial charge in [-0.1, -0.05) is 31.5 Å². The van der Waals surface area contributed by atoms with Crippen LogP contribution >= 0.6 is 11.6 Å². The van der Waals surface area contributed by atoms with Crippen molar-refractivity contribution in [2.75, 3.05) is 6.54 Å². The minimum absolute atomic E-state index is 0.221. The number of rotatable bonds is 5. The molecule has 0 heterocycles. The van der Waals surface area contributed by atoms with E-state index >= 15 is 0 Å². The van der Waals surface area contributed by atoms with Crippen molar-refractivity contribution in [3.05, 3.63) is 34.6 Å². The van der Waals surface area contributed by atoms with Crippen molar-refractivity contribution in [1.29, 1.82) is 0 Å². The Hall–Kier alpha value is -0.600. The third kappa shape index (κ3) is 2.99. The van der Waals surface area contributed by atoms with Gasteiger partial charge in [0.25, 0.3) is 0 Å². The molecule has 1 aliphatic carbocycles. The van der Waals surface area contributed by atoms with E-state index in [9.17, 15) is 4.39 Å². The Balaban J connectivity index is 2.09. The lowest BCUT2D eigenvalue weighted by Crippen LogP contribution is -2.38. The normalized spacial score (nSPS) is 19.1. The lowest BCUT2D eigenvalue weighted by atomic mass is 9.92. The zero-order valence-electron chi connectivity index (χ0n) is 10.4. The summed E-state index contributed by atoms with van der Waals surface area (Å²) in [6.07, 6.45) is 3.48. The molecule has 1 unspecified atom stereocenters. The predicted molar refractivity (Wildman–Crippen MR) is 69.9 cm³/mol. The highest BCUT2D eigenvalue weighted by Crippen LogP contribution is 2.49. The van der Waals surface area contributed by atoms with Gasteiger partial charge in [-0.25, -0.2) is 4.39 Å². The fraction of sp³-hybridized carbons (Fsp3) is 0.571. The second-order valence-corrected chi connectivity index (χ2v) is 5.62. The van der Waals surface area contributed by atoms with Crippen molar-refractivity contribution >= 4 is 11.6 Å². The summed E-state index contributed by atoms with van der Waals surface area (Å²) in [6, 6.07) is 5.49. The van der Waals surface area contributed by atoms with Gasteiger partial charge in [-0.3, -0.25) is 0 Å². The molecule has 3 heteroatoms. The summed E-state index contributed by atoms with van der Waals surface area (Å²) in [6.45, 7) is 5.40. The van der Waals surface area contributed by atoms with Gasteiger partial charge in [-0.15, -0.1) is 0 Å². The molecule has 0 spiro atoms. The van der Waals surface area contributed by atoms with Crippen LogP contribution in [0.4, 0.5) is 4.39 Å². The van der Waals surface area contributed by atoms with Gasteiger partial charge < -0.3 is 5.32 Å². The van der Waals surface area contributed by atoms with Gasteiger partial charge in [0.1, 0.15) is 5.82 Å². The molecule has 1 aromatic rings. The number of nitrogens with one attached hydrogen (secondary N) is 1. The standard InChI is InChI=1S/C14H19ClFN/c1-3-17-13(14(2)6-7-14)9-10-4-5-12(16)11(15)8-10/h4-5,8,13,17H,3,6-7,9H2,1-2H3. The first-order valence-electron chi connectivity index (χ1n) is 6.22. The summed E-state index contributed by atoms with van der Waals surface area (Å²) in [5, 5.41) is 3.75. The Bertz CT molecular complexity index is 401. The Morgan fingerprint density at radius 2 is 2.18 bits per heavy atom. The Morgan fingerprint density at radius 1 is 1.47 bits per heavy atom. The zero-order chi connectivity index (χ0) is 12.5. The average molecular weight is 256 g/mol. The monoisotopic (exact) mass is 255 g/mol. The first kappa shape index (κ1) is 12.8. The molecule has 1 fully saturated rings. The van der Waals surface area contributed by atoms with Gasteiger partial charge >= 0.3 is 0 Å². The minimum Gasteiger partial charge on any atom is -0.313 e.